The number of carboxylic acid groups (broad SMARTS) is 2. The number of aliphatic carboxylic acids is 1. The first kappa shape index (κ1) is 11.0. The summed E-state index contributed by atoms with van der Waals surface area (Å²) in [4.78, 5) is 21.3. The number of nitrogens with two attached hydrogens (primary N) is 1. The van der Waals surface area contributed by atoms with Gasteiger partial charge in [0.1, 0.15) is 0 Å². The second kappa shape index (κ2) is 4.43. The lowest BCUT2D eigenvalue weighted by Crippen LogP contribution is -2.11. The van der Waals surface area contributed by atoms with Crippen molar-refractivity contribution in [2.75, 3.05) is 5.43 Å². The summed E-state index contributed by atoms with van der Waals surface area (Å²) in [5.74, 6) is 2.86. The molecule has 0 amide bonds. The maximum atomic E-state index is 10.8. The molecule has 1 aromatic rings. The highest BCUT2D eigenvalue weighted by Crippen LogP contribution is 2.16. The van der Waals surface area contributed by atoms with E-state index >= 15 is 0 Å². The van der Waals surface area contributed by atoms with Crippen molar-refractivity contribution in [1.82, 2.24) is 0 Å². The Morgan fingerprint density at radius 3 is 2.47 bits per heavy atom. The molecule has 0 aliphatic rings. The van der Waals surface area contributed by atoms with Gasteiger partial charge in [-0.1, -0.05) is 6.07 Å². The largest absolute Gasteiger partial charge is 0.481 e. The Bertz CT molecular complexity index is 403. The van der Waals surface area contributed by atoms with Crippen LogP contribution in [-0.2, 0) is 11.2 Å². The maximum Gasteiger partial charge on any atom is 0.336 e. The number of rotatable bonds is 4. The van der Waals surface area contributed by atoms with Gasteiger partial charge in [-0.25, -0.2) is 4.79 Å². The van der Waals surface area contributed by atoms with Crippen molar-refractivity contribution < 1.29 is 19.8 Å². The number of nitrogen functional groups attached to an aromatic ring is 1. The smallest absolute Gasteiger partial charge is 0.336 e. The molecule has 0 heterocycles. The predicted molar refractivity (Wildman–Crippen MR) is 52.6 cm³/mol. The monoisotopic (exact) mass is 210 g/mol. The molecule has 6 nitrogen and oxygen atoms in total. The fraction of sp³-hybridized carbons (Fsp3) is 0.111. The third-order valence-corrected chi connectivity index (χ3v) is 1.85. The second-order valence-electron chi connectivity index (χ2n) is 2.89. The molecule has 15 heavy (non-hydrogen) atoms. The SMILES string of the molecule is NNc1ccc(CC(=O)O)c(C(=O)O)c1. The fourth-order valence-electron chi connectivity index (χ4n) is 1.18. The van der Waals surface area contributed by atoms with Crippen LogP contribution in [0.25, 0.3) is 0 Å². The number of hydrogen-bond acceptors (Lipinski definition) is 4. The van der Waals surface area contributed by atoms with Crippen LogP contribution < -0.4 is 11.3 Å². The quantitative estimate of drug-likeness (QED) is 0.420. The molecular weight excluding hydrogens is 200 g/mol. The summed E-state index contributed by atoms with van der Waals surface area (Å²) in [6.07, 6.45) is -0.327. The molecule has 1 aromatic carbocycles. The van der Waals surface area contributed by atoms with E-state index in [1.807, 2.05) is 0 Å². The van der Waals surface area contributed by atoms with Crippen molar-refractivity contribution in [2.24, 2.45) is 5.84 Å². The van der Waals surface area contributed by atoms with Crippen molar-refractivity contribution in [3.8, 4) is 0 Å². The van der Waals surface area contributed by atoms with Crippen LogP contribution in [-0.4, -0.2) is 22.2 Å². The van der Waals surface area contributed by atoms with Gasteiger partial charge in [0.2, 0.25) is 0 Å². The van der Waals surface area contributed by atoms with Gasteiger partial charge in [0.25, 0.3) is 0 Å². The highest BCUT2D eigenvalue weighted by Gasteiger charge is 2.13. The van der Waals surface area contributed by atoms with Gasteiger partial charge < -0.3 is 15.6 Å². The van der Waals surface area contributed by atoms with Crippen molar-refractivity contribution in [2.45, 2.75) is 6.42 Å². The Morgan fingerprint density at radius 2 is 2.00 bits per heavy atom. The Kier molecular flexibility index (Phi) is 3.25. The van der Waals surface area contributed by atoms with E-state index in [1.165, 1.54) is 18.2 Å². The molecule has 0 aliphatic carbocycles. The van der Waals surface area contributed by atoms with Gasteiger partial charge in [-0.2, -0.15) is 0 Å². The van der Waals surface area contributed by atoms with E-state index in [1.54, 1.807) is 0 Å². The average Bonchev–Trinajstić information content (AvgIpc) is 2.17. The molecular formula is C9H10N2O4. The second-order valence-corrected chi connectivity index (χ2v) is 2.89. The molecule has 6 heteroatoms. The van der Waals surface area contributed by atoms with Crippen LogP contribution >= 0.6 is 0 Å². The molecule has 0 spiro atoms. The van der Waals surface area contributed by atoms with Crippen molar-refractivity contribution in [3.05, 3.63) is 29.3 Å². The number of carboxylic acids is 2. The summed E-state index contributed by atoms with van der Waals surface area (Å²) >= 11 is 0. The van der Waals surface area contributed by atoms with E-state index < -0.39 is 11.9 Å². The van der Waals surface area contributed by atoms with E-state index in [2.05, 4.69) is 5.43 Å². The predicted octanol–water partition coefficient (Wildman–Crippen LogP) is 0.298. The number of benzene rings is 1. The number of aromatic carboxylic acids is 1. The molecule has 0 unspecified atom stereocenters. The third-order valence-electron chi connectivity index (χ3n) is 1.85. The van der Waals surface area contributed by atoms with Crippen molar-refractivity contribution >= 4 is 17.6 Å². The molecule has 80 valence electrons. The summed E-state index contributed by atoms with van der Waals surface area (Å²) in [6, 6.07) is 4.23. The van der Waals surface area contributed by atoms with Crippen LogP contribution in [0.5, 0.6) is 0 Å². The fourth-order valence-corrected chi connectivity index (χ4v) is 1.18. The molecule has 0 aromatic heterocycles. The zero-order valence-corrected chi connectivity index (χ0v) is 7.73. The topological polar surface area (TPSA) is 113 Å². The van der Waals surface area contributed by atoms with Crippen LogP contribution in [0.3, 0.4) is 0 Å². The zero-order chi connectivity index (χ0) is 11.4. The number of anilines is 1. The van der Waals surface area contributed by atoms with Gasteiger partial charge in [-0.3, -0.25) is 10.6 Å². The van der Waals surface area contributed by atoms with E-state index in [4.69, 9.17) is 16.1 Å². The lowest BCUT2D eigenvalue weighted by atomic mass is 10.0. The Labute approximate surface area is 85.3 Å². The summed E-state index contributed by atoms with van der Waals surface area (Å²) in [5, 5.41) is 17.4. The van der Waals surface area contributed by atoms with Gasteiger partial charge in [0.05, 0.1) is 12.0 Å². The first-order chi connectivity index (χ1) is 7.04. The molecule has 0 aliphatic heterocycles. The van der Waals surface area contributed by atoms with Crippen LogP contribution in [0.1, 0.15) is 15.9 Å². The van der Waals surface area contributed by atoms with Gasteiger partial charge in [0.15, 0.2) is 0 Å². The van der Waals surface area contributed by atoms with Crippen LogP contribution in [0.4, 0.5) is 5.69 Å². The van der Waals surface area contributed by atoms with Crippen LogP contribution in [0.15, 0.2) is 18.2 Å². The van der Waals surface area contributed by atoms with Crippen molar-refractivity contribution in [1.29, 1.82) is 0 Å². The molecule has 0 saturated heterocycles. The normalized spacial score (nSPS) is 9.67. The van der Waals surface area contributed by atoms with E-state index in [-0.39, 0.29) is 17.5 Å². The number of hydrazine groups is 1. The van der Waals surface area contributed by atoms with E-state index in [9.17, 15) is 9.59 Å². The van der Waals surface area contributed by atoms with Gasteiger partial charge >= 0.3 is 11.9 Å². The zero-order valence-electron chi connectivity index (χ0n) is 7.73. The van der Waals surface area contributed by atoms with Gasteiger partial charge in [-0.15, -0.1) is 0 Å². The maximum absolute atomic E-state index is 10.8. The van der Waals surface area contributed by atoms with Gasteiger partial charge in [-0.05, 0) is 17.7 Å². The van der Waals surface area contributed by atoms with Crippen LogP contribution in [0.2, 0.25) is 0 Å². The highest BCUT2D eigenvalue weighted by atomic mass is 16.4. The van der Waals surface area contributed by atoms with Crippen LogP contribution in [0, 0.1) is 0 Å². The van der Waals surface area contributed by atoms with Crippen molar-refractivity contribution in [3.63, 3.8) is 0 Å². The standard InChI is InChI=1S/C9H10N2O4/c10-11-6-2-1-5(3-8(12)13)7(4-6)9(14)15/h1-2,4,11H,3,10H2,(H,12,13)(H,14,15). The molecule has 0 atom stereocenters. The molecule has 5 N–H and O–H groups in total. The highest BCUT2D eigenvalue weighted by molar-refractivity contribution is 5.92. The third kappa shape index (κ3) is 2.68. The summed E-state index contributed by atoms with van der Waals surface area (Å²) < 4.78 is 0. The Hall–Kier alpha value is -2.08. The number of nitrogens with one attached hydrogen (secondary N) is 1. The lowest BCUT2D eigenvalue weighted by Gasteiger charge is -2.06. The lowest BCUT2D eigenvalue weighted by molar-refractivity contribution is -0.136. The summed E-state index contributed by atoms with van der Waals surface area (Å²) in [7, 11) is 0. The van der Waals surface area contributed by atoms with E-state index in [0.29, 0.717) is 5.69 Å². The minimum absolute atomic E-state index is 0.0622. The Balaban J connectivity index is 3.15. The molecule has 1 rings (SSSR count). The average molecular weight is 210 g/mol. The minimum Gasteiger partial charge on any atom is -0.481 e. The Morgan fingerprint density at radius 1 is 1.33 bits per heavy atom. The molecule has 0 saturated carbocycles. The number of carbonyl (C=O) groups is 2. The van der Waals surface area contributed by atoms with Gasteiger partial charge in [0, 0.05) is 5.69 Å². The van der Waals surface area contributed by atoms with E-state index in [0.717, 1.165) is 0 Å². The summed E-state index contributed by atoms with van der Waals surface area (Å²) in [5.41, 5.74) is 2.89. The number of hydrogen-bond donors (Lipinski definition) is 4. The minimum atomic E-state index is -1.18. The molecule has 0 bridgehead atoms. The first-order valence-electron chi connectivity index (χ1n) is 4.09. The first-order valence-corrected chi connectivity index (χ1v) is 4.09. The summed E-state index contributed by atoms with van der Waals surface area (Å²) in [6.45, 7) is 0. The molecule has 0 radical (unpaired) electrons. The molecule has 0 fully saturated rings.